The molecule has 2 fully saturated rings. The van der Waals surface area contributed by atoms with Gasteiger partial charge in [-0.3, -0.25) is 4.90 Å². The molecule has 0 spiro atoms. The SMILES string of the molecule is COc1cc(C)c(S(=O)(=O)N2CCC(N3C(=O)OC[C@@H]3CC(C)C)CC2)c(C)c1C. The van der Waals surface area contributed by atoms with Gasteiger partial charge in [-0.2, -0.15) is 4.31 Å². The van der Waals surface area contributed by atoms with E-state index in [1.165, 1.54) is 0 Å². The summed E-state index contributed by atoms with van der Waals surface area (Å²) in [5.41, 5.74) is 2.26. The smallest absolute Gasteiger partial charge is 0.410 e. The summed E-state index contributed by atoms with van der Waals surface area (Å²) in [6.45, 7) is 11.0. The highest BCUT2D eigenvalue weighted by molar-refractivity contribution is 7.89. The van der Waals surface area contributed by atoms with Crippen molar-refractivity contribution in [2.75, 3.05) is 26.8 Å². The fourth-order valence-electron chi connectivity index (χ4n) is 4.76. The van der Waals surface area contributed by atoms with Crippen LogP contribution in [0.5, 0.6) is 5.75 Å². The molecule has 1 aromatic rings. The summed E-state index contributed by atoms with van der Waals surface area (Å²) in [7, 11) is -2.03. The molecule has 1 atom stereocenters. The van der Waals surface area contributed by atoms with Crippen LogP contribution in [-0.4, -0.2) is 62.6 Å². The lowest BCUT2D eigenvalue weighted by molar-refractivity contribution is 0.121. The van der Waals surface area contributed by atoms with Crippen LogP contribution in [0.4, 0.5) is 4.79 Å². The van der Waals surface area contributed by atoms with Crippen molar-refractivity contribution in [3.63, 3.8) is 0 Å². The Bertz CT molecular complexity index is 905. The Morgan fingerprint density at radius 3 is 2.37 bits per heavy atom. The van der Waals surface area contributed by atoms with Gasteiger partial charge in [0, 0.05) is 19.1 Å². The van der Waals surface area contributed by atoms with Crippen molar-refractivity contribution in [2.45, 2.75) is 70.9 Å². The zero-order valence-electron chi connectivity index (χ0n) is 18.9. The number of methoxy groups -OCH3 is 1. The molecular formula is C22H34N2O5S. The first-order valence-electron chi connectivity index (χ1n) is 10.7. The van der Waals surface area contributed by atoms with Crippen molar-refractivity contribution < 1.29 is 22.7 Å². The largest absolute Gasteiger partial charge is 0.496 e. The zero-order chi connectivity index (χ0) is 22.2. The topological polar surface area (TPSA) is 76.2 Å². The Morgan fingerprint density at radius 2 is 1.80 bits per heavy atom. The Balaban J connectivity index is 1.78. The van der Waals surface area contributed by atoms with E-state index in [1.807, 2.05) is 25.7 Å². The molecule has 1 aromatic carbocycles. The highest BCUT2D eigenvalue weighted by Crippen LogP contribution is 2.34. The first-order chi connectivity index (χ1) is 14.1. The van der Waals surface area contributed by atoms with Crippen molar-refractivity contribution >= 4 is 16.1 Å². The minimum atomic E-state index is -3.62. The molecule has 30 heavy (non-hydrogen) atoms. The molecule has 7 nitrogen and oxygen atoms in total. The Hall–Kier alpha value is -1.80. The number of ether oxygens (including phenoxy) is 2. The maximum absolute atomic E-state index is 13.5. The number of nitrogens with zero attached hydrogens (tertiary/aromatic N) is 2. The van der Waals surface area contributed by atoms with Gasteiger partial charge in [-0.15, -0.1) is 0 Å². The van der Waals surface area contributed by atoms with Crippen LogP contribution in [0.25, 0.3) is 0 Å². The molecule has 2 saturated heterocycles. The van der Waals surface area contributed by atoms with Crippen LogP contribution in [-0.2, 0) is 14.8 Å². The molecule has 3 rings (SSSR count). The number of hydrogen-bond acceptors (Lipinski definition) is 5. The fourth-order valence-corrected chi connectivity index (χ4v) is 6.72. The number of rotatable bonds is 6. The lowest BCUT2D eigenvalue weighted by atomic mass is 9.99. The molecule has 0 aliphatic carbocycles. The van der Waals surface area contributed by atoms with Gasteiger partial charge in [0.15, 0.2) is 0 Å². The van der Waals surface area contributed by atoms with Crippen molar-refractivity contribution in [3.05, 3.63) is 22.8 Å². The molecule has 0 N–H and O–H groups in total. The third-order valence-electron chi connectivity index (χ3n) is 6.36. The van der Waals surface area contributed by atoms with Crippen LogP contribution in [0.3, 0.4) is 0 Å². The van der Waals surface area contributed by atoms with Crippen molar-refractivity contribution in [3.8, 4) is 5.75 Å². The Labute approximate surface area is 180 Å². The Kier molecular flexibility index (Phi) is 6.67. The molecule has 2 aliphatic heterocycles. The first kappa shape index (κ1) is 22.9. The van der Waals surface area contributed by atoms with E-state index in [1.54, 1.807) is 17.5 Å². The molecule has 2 heterocycles. The van der Waals surface area contributed by atoms with Gasteiger partial charge < -0.3 is 9.47 Å². The number of carbonyl (C=O) groups excluding carboxylic acids is 1. The minimum Gasteiger partial charge on any atom is -0.496 e. The van der Waals surface area contributed by atoms with E-state index < -0.39 is 10.0 Å². The van der Waals surface area contributed by atoms with E-state index in [2.05, 4.69) is 13.8 Å². The molecule has 0 aromatic heterocycles. The number of carbonyl (C=O) groups is 1. The van der Waals surface area contributed by atoms with Gasteiger partial charge in [0.05, 0.1) is 18.0 Å². The van der Waals surface area contributed by atoms with Crippen LogP contribution < -0.4 is 4.74 Å². The molecule has 8 heteroatoms. The van der Waals surface area contributed by atoms with E-state index in [4.69, 9.17) is 9.47 Å². The highest BCUT2D eigenvalue weighted by atomic mass is 32.2. The summed E-state index contributed by atoms with van der Waals surface area (Å²) < 4.78 is 39.2. The van der Waals surface area contributed by atoms with Crippen LogP contribution in [0.15, 0.2) is 11.0 Å². The van der Waals surface area contributed by atoms with Gasteiger partial charge in [0.2, 0.25) is 10.0 Å². The van der Waals surface area contributed by atoms with Crippen molar-refractivity contribution in [2.24, 2.45) is 5.92 Å². The van der Waals surface area contributed by atoms with Crippen LogP contribution in [0.1, 0.15) is 49.8 Å². The van der Waals surface area contributed by atoms with E-state index in [-0.39, 0.29) is 18.2 Å². The molecule has 0 bridgehead atoms. The second kappa shape index (κ2) is 8.75. The van der Waals surface area contributed by atoms with Crippen molar-refractivity contribution in [1.29, 1.82) is 0 Å². The number of sulfonamides is 1. The first-order valence-corrected chi connectivity index (χ1v) is 12.1. The standard InChI is InChI=1S/C22H34N2O5S/c1-14(2)11-19-13-29-22(25)24(19)18-7-9-23(10-8-18)30(26,27)21-15(3)12-20(28-6)16(4)17(21)5/h12,14,18-19H,7-11,13H2,1-6H3/t19-/m0/s1. The molecule has 0 radical (unpaired) electrons. The number of aryl methyl sites for hydroxylation is 1. The summed E-state index contributed by atoms with van der Waals surface area (Å²) in [5.74, 6) is 1.17. The summed E-state index contributed by atoms with van der Waals surface area (Å²) in [6, 6.07) is 1.90. The van der Waals surface area contributed by atoms with Gasteiger partial charge >= 0.3 is 6.09 Å². The predicted molar refractivity (Wildman–Crippen MR) is 115 cm³/mol. The average molecular weight is 439 g/mol. The fraction of sp³-hybridized carbons (Fsp3) is 0.682. The van der Waals surface area contributed by atoms with E-state index in [0.717, 1.165) is 17.5 Å². The molecule has 1 amide bonds. The summed E-state index contributed by atoms with van der Waals surface area (Å²) in [6.07, 6.45) is 1.87. The molecule has 0 saturated carbocycles. The normalized spacial score (nSPS) is 21.4. The monoisotopic (exact) mass is 438 g/mol. The minimum absolute atomic E-state index is 0.0231. The van der Waals surface area contributed by atoms with Crippen LogP contribution in [0, 0.1) is 26.7 Å². The van der Waals surface area contributed by atoms with Gasteiger partial charge in [-0.25, -0.2) is 13.2 Å². The van der Waals surface area contributed by atoms with Gasteiger partial charge in [0.1, 0.15) is 12.4 Å². The lowest BCUT2D eigenvalue weighted by Gasteiger charge is -2.38. The van der Waals surface area contributed by atoms with E-state index in [9.17, 15) is 13.2 Å². The molecule has 168 valence electrons. The zero-order valence-corrected chi connectivity index (χ0v) is 19.7. The maximum atomic E-state index is 13.5. The third-order valence-corrected chi connectivity index (χ3v) is 8.55. The van der Waals surface area contributed by atoms with Gasteiger partial charge in [0.25, 0.3) is 0 Å². The second-order valence-corrected chi connectivity index (χ2v) is 10.8. The third kappa shape index (κ3) is 4.17. The van der Waals surface area contributed by atoms with E-state index in [0.29, 0.717) is 54.7 Å². The molecular weight excluding hydrogens is 404 g/mol. The average Bonchev–Trinajstić information content (AvgIpc) is 3.04. The van der Waals surface area contributed by atoms with E-state index >= 15 is 0 Å². The summed E-state index contributed by atoms with van der Waals surface area (Å²) in [5, 5.41) is 0. The summed E-state index contributed by atoms with van der Waals surface area (Å²) in [4.78, 5) is 14.5. The number of hydrogen-bond donors (Lipinski definition) is 0. The number of piperidine rings is 1. The lowest BCUT2D eigenvalue weighted by Crippen LogP contribution is -2.50. The number of amides is 1. The quantitative estimate of drug-likeness (QED) is 0.678. The Morgan fingerprint density at radius 1 is 1.17 bits per heavy atom. The summed E-state index contributed by atoms with van der Waals surface area (Å²) >= 11 is 0. The van der Waals surface area contributed by atoms with Crippen LogP contribution >= 0.6 is 0 Å². The maximum Gasteiger partial charge on any atom is 0.410 e. The molecule has 0 unspecified atom stereocenters. The highest BCUT2D eigenvalue weighted by Gasteiger charge is 2.41. The van der Waals surface area contributed by atoms with Gasteiger partial charge in [-0.1, -0.05) is 13.8 Å². The molecule has 2 aliphatic rings. The second-order valence-electron chi connectivity index (χ2n) is 8.88. The van der Waals surface area contributed by atoms with Crippen molar-refractivity contribution in [1.82, 2.24) is 9.21 Å². The predicted octanol–water partition coefficient (Wildman–Crippen LogP) is 3.64. The van der Waals surface area contributed by atoms with Crippen LogP contribution in [0.2, 0.25) is 0 Å². The van der Waals surface area contributed by atoms with Gasteiger partial charge in [-0.05, 0) is 68.7 Å². The number of benzene rings is 1. The number of cyclic esters (lactones) is 1.